The summed E-state index contributed by atoms with van der Waals surface area (Å²) in [6.45, 7) is 10.1. The number of alkyl halides is 6. The highest BCUT2D eigenvalue weighted by Gasteiger charge is 2.39. The van der Waals surface area contributed by atoms with Crippen LogP contribution >= 0.6 is 11.6 Å². The van der Waals surface area contributed by atoms with Crippen LogP contribution in [-0.4, -0.2) is 55.0 Å². The van der Waals surface area contributed by atoms with Gasteiger partial charge in [-0.15, -0.1) is 5.10 Å². The smallest absolute Gasteiger partial charge is 0.416 e. The molecule has 2 heterocycles. The summed E-state index contributed by atoms with van der Waals surface area (Å²) in [6, 6.07) is 7.94. The van der Waals surface area contributed by atoms with E-state index in [1.54, 1.807) is 24.3 Å². The predicted molar refractivity (Wildman–Crippen MR) is 167 cm³/mol. The Hall–Kier alpha value is -3.69. The Morgan fingerprint density at radius 1 is 1.00 bits per heavy atom. The summed E-state index contributed by atoms with van der Waals surface area (Å²) in [7, 11) is 0.911. The lowest BCUT2D eigenvalue weighted by Gasteiger charge is -2.36. The van der Waals surface area contributed by atoms with Crippen molar-refractivity contribution in [1.82, 2.24) is 20.2 Å². The number of rotatable bonds is 10. The number of carbonyl (C=O) groups is 1. The Bertz CT molecular complexity index is 1730. The van der Waals surface area contributed by atoms with Crippen LogP contribution in [0.3, 0.4) is 0 Å². The number of benzene rings is 2. The standard InChI is InChI=1S/C31H34ClF6N5O3Si/c1-29(2,3)47(6,7)45-13-12-23-24(25(40-46-23)21-10-8-9-11-22(21)32)27(44)26-28(42(4)5)43(41-39-26)17-18-14-19(30(33,34)35)16-20(15-18)31(36,37)38/h8-11,14-16H,12-13,17H2,1-7H3. The van der Waals surface area contributed by atoms with Gasteiger partial charge in [-0.1, -0.05) is 60.9 Å². The third kappa shape index (κ3) is 7.89. The lowest BCUT2D eigenvalue weighted by Crippen LogP contribution is -2.41. The highest BCUT2D eigenvalue weighted by Crippen LogP contribution is 2.39. The van der Waals surface area contributed by atoms with Crippen LogP contribution in [0.1, 0.15) is 59.3 Å². The van der Waals surface area contributed by atoms with E-state index in [2.05, 4.69) is 49.3 Å². The summed E-state index contributed by atoms with van der Waals surface area (Å²) in [5.74, 6) is -0.454. The van der Waals surface area contributed by atoms with Gasteiger partial charge in [0.05, 0.1) is 28.3 Å². The van der Waals surface area contributed by atoms with Crippen LogP contribution in [0.15, 0.2) is 47.0 Å². The first-order chi connectivity index (χ1) is 21.6. The quantitative estimate of drug-likeness (QED) is 0.0931. The van der Waals surface area contributed by atoms with Gasteiger partial charge in [-0.2, -0.15) is 26.3 Å². The van der Waals surface area contributed by atoms with E-state index in [4.69, 9.17) is 20.6 Å². The van der Waals surface area contributed by atoms with Crippen molar-refractivity contribution in [2.24, 2.45) is 0 Å². The van der Waals surface area contributed by atoms with Crippen LogP contribution in [0, 0.1) is 0 Å². The van der Waals surface area contributed by atoms with Crippen LogP contribution in [0.25, 0.3) is 11.3 Å². The minimum absolute atomic E-state index is 0.0329. The minimum atomic E-state index is -5.03. The van der Waals surface area contributed by atoms with Crippen molar-refractivity contribution in [3.8, 4) is 11.3 Å². The molecule has 0 aliphatic carbocycles. The highest BCUT2D eigenvalue weighted by atomic mass is 35.5. The molecular formula is C31H34ClF6N5O3Si. The molecule has 47 heavy (non-hydrogen) atoms. The third-order valence-corrected chi connectivity index (χ3v) is 12.9. The molecule has 0 atom stereocenters. The van der Waals surface area contributed by atoms with Gasteiger partial charge in [0.15, 0.2) is 25.6 Å². The van der Waals surface area contributed by atoms with Gasteiger partial charge in [-0.3, -0.25) is 4.79 Å². The molecule has 0 radical (unpaired) electrons. The fourth-order valence-corrected chi connectivity index (χ4v) is 5.86. The van der Waals surface area contributed by atoms with E-state index in [0.717, 1.165) is 4.68 Å². The number of halogens is 7. The molecule has 0 aliphatic heterocycles. The van der Waals surface area contributed by atoms with Crippen LogP contribution in [0.2, 0.25) is 23.2 Å². The van der Waals surface area contributed by atoms with E-state index in [1.807, 2.05) is 0 Å². The Kier molecular flexibility index (Phi) is 10.1. The average Bonchev–Trinajstić information content (AvgIpc) is 3.56. The van der Waals surface area contributed by atoms with Gasteiger partial charge in [-0.25, -0.2) is 4.68 Å². The largest absolute Gasteiger partial charge is 0.416 e. The molecule has 0 N–H and O–H groups in total. The first-order valence-electron chi connectivity index (χ1n) is 14.4. The van der Waals surface area contributed by atoms with Gasteiger partial charge in [0.25, 0.3) is 0 Å². The Labute approximate surface area is 273 Å². The van der Waals surface area contributed by atoms with Crippen LogP contribution < -0.4 is 4.90 Å². The summed E-state index contributed by atoms with van der Waals surface area (Å²) < 4.78 is 94.1. The van der Waals surface area contributed by atoms with Crippen molar-refractivity contribution in [2.75, 3.05) is 25.6 Å². The number of aromatic nitrogens is 4. The number of carbonyl (C=O) groups excluding carboxylic acids is 1. The molecule has 0 saturated heterocycles. The molecule has 8 nitrogen and oxygen atoms in total. The summed E-state index contributed by atoms with van der Waals surface area (Å²) in [5, 5.41) is 12.4. The molecule has 0 unspecified atom stereocenters. The molecule has 0 saturated carbocycles. The molecule has 16 heteroatoms. The fourth-order valence-electron chi connectivity index (χ4n) is 4.59. The van der Waals surface area contributed by atoms with E-state index >= 15 is 0 Å². The maximum absolute atomic E-state index is 14.3. The summed E-state index contributed by atoms with van der Waals surface area (Å²) in [6.07, 6.45) is -9.89. The first kappa shape index (κ1) is 36.1. The first-order valence-corrected chi connectivity index (χ1v) is 17.7. The Morgan fingerprint density at radius 3 is 2.13 bits per heavy atom. The molecule has 0 amide bonds. The Morgan fingerprint density at radius 2 is 1.60 bits per heavy atom. The number of ketones is 1. The van der Waals surface area contributed by atoms with Crippen LogP contribution in [-0.2, 0) is 29.7 Å². The van der Waals surface area contributed by atoms with Gasteiger partial charge in [-0.05, 0) is 48.0 Å². The van der Waals surface area contributed by atoms with Crippen molar-refractivity contribution in [3.05, 3.63) is 81.2 Å². The van der Waals surface area contributed by atoms with Crippen molar-refractivity contribution in [1.29, 1.82) is 0 Å². The van der Waals surface area contributed by atoms with E-state index in [9.17, 15) is 31.1 Å². The van der Waals surface area contributed by atoms with Gasteiger partial charge < -0.3 is 13.8 Å². The van der Waals surface area contributed by atoms with Gasteiger partial charge in [0.1, 0.15) is 5.69 Å². The predicted octanol–water partition coefficient (Wildman–Crippen LogP) is 8.53. The van der Waals surface area contributed by atoms with Gasteiger partial charge in [0.2, 0.25) is 5.78 Å². The second-order valence-corrected chi connectivity index (χ2v) is 17.9. The SMILES string of the molecule is CN(C)c1c(C(=O)c2c(-c3ccccc3Cl)noc2CCO[Si](C)(C)C(C)(C)C)nnn1Cc1cc(C(F)(F)F)cc(C(F)(F)F)c1. The lowest BCUT2D eigenvalue weighted by atomic mass is 9.99. The Balaban J connectivity index is 1.79. The second-order valence-electron chi connectivity index (χ2n) is 12.7. The number of anilines is 1. The van der Waals surface area contributed by atoms with E-state index in [1.165, 1.54) is 19.0 Å². The number of hydrogen-bond donors (Lipinski definition) is 0. The molecule has 0 bridgehead atoms. The van der Waals surface area contributed by atoms with Crippen LogP contribution in [0.5, 0.6) is 0 Å². The summed E-state index contributed by atoms with van der Waals surface area (Å²) in [5.41, 5.74) is -2.93. The second kappa shape index (κ2) is 13.1. The van der Waals surface area contributed by atoms with E-state index < -0.39 is 44.1 Å². The molecular weight excluding hydrogens is 668 g/mol. The molecule has 0 spiro atoms. The monoisotopic (exact) mass is 701 g/mol. The zero-order valence-corrected chi connectivity index (χ0v) is 28.5. The zero-order chi connectivity index (χ0) is 35.1. The lowest BCUT2D eigenvalue weighted by molar-refractivity contribution is -0.143. The normalized spacial score (nSPS) is 12.9. The summed E-state index contributed by atoms with van der Waals surface area (Å²) in [4.78, 5) is 15.7. The maximum Gasteiger partial charge on any atom is 0.416 e. The van der Waals surface area contributed by atoms with Crippen molar-refractivity contribution in [3.63, 3.8) is 0 Å². The van der Waals surface area contributed by atoms with Gasteiger partial charge in [0, 0.05) is 32.7 Å². The van der Waals surface area contributed by atoms with Gasteiger partial charge >= 0.3 is 12.4 Å². The van der Waals surface area contributed by atoms with E-state index in [0.29, 0.717) is 22.7 Å². The molecule has 0 fully saturated rings. The number of hydrogen-bond acceptors (Lipinski definition) is 7. The molecule has 2 aromatic carbocycles. The molecule has 4 rings (SSSR count). The fraction of sp³-hybridized carbons (Fsp3) is 0.419. The third-order valence-electron chi connectivity index (χ3n) is 8.04. The maximum atomic E-state index is 14.3. The topological polar surface area (TPSA) is 86.3 Å². The van der Waals surface area contributed by atoms with Crippen molar-refractivity contribution >= 4 is 31.5 Å². The zero-order valence-electron chi connectivity index (χ0n) is 26.8. The van der Waals surface area contributed by atoms with Crippen molar-refractivity contribution < 1.29 is 40.1 Å². The molecule has 4 aromatic rings. The molecule has 2 aromatic heterocycles. The summed E-state index contributed by atoms with van der Waals surface area (Å²) >= 11 is 6.46. The molecule has 254 valence electrons. The van der Waals surface area contributed by atoms with Crippen LogP contribution in [0.4, 0.5) is 32.2 Å². The molecule has 0 aliphatic rings. The average molecular weight is 702 g/mol. The minimum Gasteiger partial charge on any atom is -0.416 e. The highest BCUT2D eigenvalue weighted by molar-refractivity contribution is 6.74. The van der Waals surface area contributed by atoms with Crippen molar-refractivity contribution in [2.45, 2.75) is 64.2 Å². The van der Waals surface area contributed by atoms with E-state index in [-0.39, 0.29) is 58.2 Å². The number of nitrogens with zero attached hydrogens (tertiary/aromatic N) is 5.